The monoisotopic (exact) mass is 312 g/mol. The number of amides is 1. The summed E-state index contributed by atoms with van der Waals surface area (Å²) in [6.45, 7) is 0.980. The molecule has 1 aromatic carbocycles. The topological polar surface area (TPSA) is 99.9 Å². The molecule has 0 aliphatic rings. The Morgan fingerprint density at radius 3 is 3.00 bits per heavy atom. The number of carbonyl (C=O) groups is 1. The summed E-state index contributed by atoms with van der Waals surface area (Å²) in [6, 6.07) is 8.72. The zero-order chi connectivity index (χ0) is 16.1. The van der Waals surface area contributed by atoms with Gasteiger partial charge in [0.05, 0.1) is 6.61 Å². The molecule has 0 unspecified atom stereocenters. The van der Waals surface area contributed by atoms with Crippen molar-refractivity contribution in [3.63, 3.8) is 0 Å². The van der Waals surface area contributed by atoms with Crippen molar-refractivity contribution in [3.05, 3.63) is 58.9 Å². The number of nitrogens with zero attached hydrogens (tertiary/aromatic N) is 1. The van der Waals surface area contributed by atoms with Crippen LogP contribution in [0.2, 0.25) is 0 Å². The summed E-state index contributed by atoms with van der Waals surface area (Å²) in [5.74, 6) is 0.793. The highest BCUT2D eigenvalue weighted by Crippen LogP contribution is 2.18. The molecule has 2 aromatic heterocycles. The number of pyridine rings is 1. The number of aromatic nitrogens is 3. The molecule has 3 aromatic rings. The molecule has 118 valence electrons. The van der Waals surface area contributed by atoms with Crippen molar-refractivity contribution in [2.45, 2.75) is 6.42 Å². The Morgan fingerprint density at radius 2 is 2.17 bits per heavy atom. The summed E-state index contributed by atoms with van der Waals surface area (Å²) in [5, 5.41) is 3.67. The normalized spacial score (nSPS) is 10.6. The molecule has 0 aliphatic carbocycles. The first-order valence-electron chi connectivity index (χ1n) is 7.26. The van der Waals surface area contributed by atoms with Crippen LogP contribution in [-0.4, -0.2) is 34.0 Å². The van der Waals surface area contributed by atoms with Crippen LogP contribution in [0.1, 0.15) is 17.0 Å². The molecule has 2 heterocycles. The molecule has 0 atom stereocenters. The lowest BCUT2D eigenvalue weighted by molar-refractivity contribution is 0.0942. The van der Waals surface area contributed by atoms with E-state index in [9.17, 15) is 9.59 Å². The molecule has 0 radical (unpaired) electrons. The highest BCUT2D eigenvalue weighted by Gasteiger charge is 2.06. The molecule has 0 fully saturated rings. The van der Waals surface area contributed by atoms with Crippen molar-refractivity contribution < 1.29 is 9.53 Å². The van der Waals surface area contributed by atoms with Crippen molar-refractivity contribution in [2.24, 2.45) is 0 Å². The largest absolute Gasteiger partial charge is 0.494 e. The lowest BCUT2D eigenvalue weighted by Gasteiger charge is -2.07. The number of hydrogen-bond acceptors (Lipinski definition) is 4. The van der Waals surface area contributed by atoms with Gasteiger partial charge in [-0.15, -0.1) is 0 Å². The van der Waals surface area contributed by atoms with Gasteiger partial charge in [-0.2, -0.15) is 0 Å². The SMILES string of the molecule is O=C(NCCCOc1ccc2[nH]c(=O)ccc2c1)c1ncc[nH]1. The molecule has 1 amide bonds. The second-order valence-electron chi connectivity index (χ2n) is 4.97. The van der Waals surface area contributed by atoms with Crippen LogP contribution in [0.15, 0.2) is 47.5 Å². The first-order valence-corrected chi connectivity index (χ1v) is 7.26. The molecule has 7 nitrogen and oxygen atoms in total. The molecule has 3 N–H and O–H groups in total. The van der Waals surface area contributed by atoms with Crippen LogP contribution < -0.4 is 15.6 Å². The van der Waals surface area contributed by atoms with E-state index >= 15 is 0 Å². The molecule has 0 saturated heterocycles. The van der Waals surface area contributed by atoms with E-state index < -0.39 is 0 Å². The molecule has 23 heavy (non-hydrogen) atoms. The van der Waals surface area contributed by atoms with Gasteiger partial charge in [-0.25, -0.2) is 4.98 Å². The van der Waals surface area contributed by atoms with E-state index in [1.54, 1.807) is 18.3 Å². The number of aromatic amines is 2. The van der Waals surface area contributed by atoms with Crippen molar-refractivity contribution in [3.8, 4) is 5.75 Å². The van der Waals surface area contributed by atoms with Crippen LogP contribution in [-0.2, 0) is 0 Å². The fourth-order valence-corrected chi connectivity index (χ4v) is 2.16. The Morgan fingerprint density at radius 1 is 1.26 bits per heavy atom. The predicted molar refractivity (Wildman–Crippen MR) is 85.6 cm³/mol. The fraction of sp³-hybridized carbons (Fsp3) is 0.188. The average molecular weight is 312 g/mol. The van der Waals surface area contributed by atoms with Crippen LogP contribution in [0.5, 0.6) is 5.75 Å². The van der Waals surface area contributed by atoms with E-state index in [0.717, 1.165) is 16.7 Å². The molecule has 0 spiro atoms. The van der Waals surface area contributed by atoms with Crippen LogP contribution in [0.4, 0.5) is 0 Å². The Bertz CT molecular complexity index is 855. The van der Waals surface area contributed by atoms with Gasteiger partial charge in [0.25, 0.3) is 5.91 Å². The summed E-state index contributed by atoms with van der Waals surface area (Å²) in [7, 11) is 0. The van der Waals surface area contributed by atoms with Gasteiger partial charge in [0, 0.05) is 35.9 Å². The van der Waals surface area contributed by atoms with Gasteiger partial charge >= 0.3 is 0 Å². The standard InChI is InChI=1S/C16H16N4O3/c21-14-5-2-11-10-12(3-4-13(11)20-14)23-9-1-6-19-16(22)15-17-7-8-18-15/h2-5,7-8,10H,1,6,9H2,(H,17,18)(H,19,22)(H,20,21). The van der Waals surface area contributed by atoms with Crippen molar-refractivity contribution in [1.29, 1.82) is 0 Å². The molecular weight excluding hydrogens is 296 g/mol. The third-order valence-corrected chi connectivity index (χ3v) is 3.28. The minimum absolute atomic E-state index is 0.126. The van der Waals surface area contributed by atoms with Crippen molar-refractivity contribution in [1.82, 2.24) is 20.3 Å². The fourth-order valence-electron chi connectivity index (χ4n) is 2.16. The summed E-state index contributed by atoms with van der Waals surface area (Å²) in [4.78, 5) is 32.2. The zero-order valence-electron chi connectivity index (χ0n) is 12.3. The van der Waals surface area contributed by atoms with E-state index in [1.807, 2.05) is 12.1 Å². The Labute approximate surface area is 131 Å². The van der Waals surface area contributed by atoms with Crippen molar-refractivity contribution in [2.75, 3.05) is 13.2 Å². The van der Waals surface area contributed by atoms with Gasteiger partial charge < -0.3 is 20.0 Å². The minimum Gasteiger partial charge on any atom is -0.494 e. The maximum Gasteiger partial charge on any atom is 0.287 e. The average Bonchev–Trinajstić information content (AvgIpc) is 3.09. The number of rotatable bonds is 6. The molecule has 0 bridgehead atoms. The smallest absolute Gasteiger partial charge is 0.287 e. The Balaban J connectivity index is 1.46. The first-order chi connectivity index (χ1) is 11.2. The van der Waals surface area contributed by atoms with Crippen LogP contribution in [0.3, 0.4) is 0 Å². The lowest BCUT2D eigenvalue weighted by atomic mass is 10.2. The Kier molecular flexibility index (Phi) is 4.37. The second kappa shape index (κ2) is 6.78. The van der Waals surface area contributed by atoms with Gasteiger partial charge in [-0.3, -0.25) is 9.59 Å². The van der Waals surface area contributed by atoms with E-state index in [1.165, 1.54) is 12.3 Å². The van der Waals surface area contributed by atoms with Crippen LogP contribution in [0, 0.1) is 0 Å². The number of hydrogen-bond donors (Lipinski definition) is 3. The summed E-state index contributed by atoms with van der Waals surface area (Å²) < 4.78 is 5.65. The quantitative estimate of drug-likeness (QED) is 0.600. The van der Waals surface area contributed by atoms with Gasteiger partial charge in [0.1, 0.15) is 5.75 Å². The van der Waals surface area contributed by atoms with Gasteiger partial charge in [-0.05, 0) is 30.7 Å². The third kappa shape index (κ3) is 3.76. The molecule has 3 rings (SSSR count). The number of benzene rings is 1. The predicted octanol–water partition coefficient (Wildman–Crippen LogP) is 1.45. The number of H-pyrrole nitrogens is 2. The highest BCUT2D eigenvalue weighted by atomic mass is 16.5. The summed E-state index contributed by atoms with van der Waals surface area (Å²) >= 11 is 0. The first kappa shape index (κ1) is 14.8. The maximum absolute atomic E-state index is 11.6. The van der Waals surface area contributed by atoms with E-state index in [2.05, 4.69) is 20.3 Å². The summed E-state index contributed by atoms with van der Waals surface area (Å²) in [6.07, 6.45) is 3.81. The van der Waals surface area contributed by atoms with Gasteiger partial charge in [-0.1, -0.05) is 0 Å². The molecular formula is C16H16N4O3. The number of nitrogens with one attached hydrogen (secondary N) is 3. The van der Waals surface area contributed by atoms with Gasteiger partial charge in [0.15, 0.2) is 5.82 Å². The summed E-state index contributed by atoms with van der Waals surface area (Å²) in [5.41, 5.74) is 0.647. The van der Waals surface area contributed by atoms with Crippen LogP contribution >= 0.6 is 0 Å². The maximum atomic E-state index is 11.6. The Hall–Kier alpha value is -3.09. The number of carbonyl (C=O) groups excluding carboxylic acids is 1. The van der Waals surface area contributed by atoms with Crippen molar-refractivity contribution >= 4 is 16.8 Å². The molecule has 7 heteroatoms. The number of ether oxygens (including phenoxy) is 1. The lowest BCUT2D eigenvalue weighted by Crippen LogP contribution is -2.26. The number of fused-ring (bicyclic) bond motifs is 1. The highest BCUT2D eigenvalue weighted by molar-refractivity contribution is 5.90. The van der Waals surface area contributed by atoms with Crippen LogP contribution in [0.25, 0.3) is 10.9 Å². The number of imidazole rings is 1. The zero-order valence-corrected chi connectivity index (χ0v) is 12.3. The van der Waals surface area contributed by atoms with E-state index in [4.69, 9.17) is 4.74 Å². The van der Waals surface area contributed by atoms with E-state index in [-0.39, 0.29) is 11.5 Å². The molecule has 0 saturated carbocycles. The second-order valence-corrected chi connectivity index (χ2v) is 4.97. The van der Waals surface area contributed by atoms with Gasteiger partial charge in [0.2, 0.25) is 5.56 Å². The minimum atomic E-state index is -0.232. The molecule has 0 aliphatic heterocycles. The third-order valence-electron chi connectivity index (χ3n) is 3.28. The van der Waals surface area contributed by atoms with E-state index in [0.29, 0.717) is 25.4 Å².